The number of nitrogens with one attached hydrogen (secondary N) is 2. The minimum atomic E-state index is -0.0776. The second-order valence-corrected chi connectivity index (χ2v) is 7.72. The third-order valence-corrected chi connectivity index (χ3v) is 5.45. The van der Waals surface area contributed by atoms with E-state index in [0.717, 1.165) is 70.9 Å². The number of nitrogens with zero attached hydrogens (tertiary/aromatic N) is 3. The summed E-state index contributed by atoms with van der Waals surface area (Å²) in [5, 5.41) is 16.4. The van der Waals surface area contributed by atoms with Gasteiger partial charge in [0.1, 0.15) is 0 Å². The average molecular weight is 495 g/mol. The monoisotopic (exact) mass is 495 g/mol. The Morgan fingerprint density at radius 3 is 2.22 bits per heavy atom. The van der Waals surface area contributed by atoms with Gasteiger partial charge in [0.15, 0.2) is 5.96 Å². The van der Waals surface area contributed by atoms with Gasteiger partial charge in [-0.05, 0) is 71.6 Å². The fourth-order valence-corrected chi connectivity index (χ4v) is 3.84. The predicted molar refractivity (Wildman–Crippen MR) is 125 cm³/mol. The smallest absolute Gasteiger partial charge is 0.191 e. The molecule has 2 saturated heterocycles. The molecule has 0 amide bonds. The molecule has 0 atom stereocenters. The third-order valence-electron chi connectivity index (χ3n) is 5.45. The minimum absolute atomic E-state index is 0. The Labute approximate surface area is 183 Å². The van der Waals surface area contributed by atoms with Crippen LogP contribution in [0.25, 0.3) is 0 Å². The van der Waals surface area contributed by atoms with Crippen molar-refractivity contribution in [3.05, 3.63) is 0 Å². The summed E-state index contributed by atoms with van der Waals surface area (Å²) in [6.07, 6.45) is 9.57. The lowest BCUT2D eigenvalue weighted by atomic mass is 10.1. The Morgan fingerprint density at radius 1 is 0.926 bits per heavy atom. The maximum Gasteiger partial charge on any atom is 0.191 e. The lowest BCUT2D eigenvalue weighted by Gasteiger charge is -2.29. The zero-order valence-electron chi connectivity index (χ0n) is 17.3. The molecule has 2 rings (SSSR count). The van der Waals surface area contributed by atoms with Gasteiger partial charge in [-0.25, -0.2) is 0 Å². The Morgan fingerprint density at radius 2 is 1.56 bits per heavy atom. The molecule has 3 N–H and O–H groups in total. The molecule has 0 aromatic carbocycles. The van der Waals surface area contributed by atoms with Crippen molar-refractivity contribution in [3.63, 3.8) is 0 Å². The van der Waals surface area contributed by atoms with Crippen molar-refractivity contribution in [1.82, 2.24) is 20.4 Å². The summed E-state index contributed by atoms with van der Waals surface area (Å²) in [7, 11) is 0. The number of piperidine rings is 1. The molecular formula is C20H42IN5O. The molecule has 7 heteroatoms. The Kier molecular flexibility index (Phi) is 14.5. The maximum absolute atomic E-state index is 9.56. The van der Waals surface area contributed by atoms with Crippen molar-refractivity contribution in [1.29, 1.82) is 0 Å². The molecule has 2 fully saturated rings. The molecule has 6 nitrogen and oxygen atoms in total. The highest BCUT2D eigenvalue weighted by Gasteiger charge is 2.16. The summed E-state index contributed by atoms with van der Waals surface area (Å²) in [4.78, 5) is 9.80. The molecular weight excluding hydrogens is 453 g/mol. The third kappa shape index (κ3) is 11.5. The lowest BCUT2D eigenvalue weighted by molar-refractivity contribution is 0.0823. The first-order valence-electron chi connectivity index (χ1n) is 10.9. The van der Waals surface area contributed by atoms with E-state index in [1.54, 1.807) is 0 Å². The second kappa shape index (κ2) is 15.8. The van der Waals surface area contributed by atoms with E-state index >= 15 is 0 Å². The number of aliphatic hydroxyl groups is 1. The highest BCUT2D eigenvalue weighted by molar-refractivity contribution is 14.0. The summed E-state index contributed by atoms with van der Waals surface area (Å²) in [6.45, 7) is 11.8. The molecule has 0 radical (unpaired) electrons. The van der Waals surface area contributed by atoms with Gasteiger partial charge in [-0.2, -0.15) is 0 Å². The summed E-state index contributed by atoms with van der Waals surface area (Å²) in [6, 6.07) is 0. The number of aliphatic imine (C=N–C) groups is 1. The van der Waals surface area contributed by atoms with Crippen molar-refractivity contribution in [2.45, 2.75) is 64.4 Å². The molecule has 2 aliphatic rings. The van der Waals surface area contributed by atoms with E-state index in [1.807, 2.05) is 0 Å². The van der Waals surface area contributed by atoms with E-state index in [0.29, 0.717) is 0 Å². The van der Waals surface area contributed by atoms with E-state index < -0.39 is 0 Å². The highest BCUT2D eigenvalue weighted by Crippen LogP contribution is 2.10. The number of guanidine groups is 1. The normalized spacial score (nSPS) is 20.7. The number of hydrogen-bond donors (Lipinski definition) is 3. The van der Waals surface area contributed by atoms with E-state index in [2.05, 4.69) is 27.4 Å². The summed E-state index contributed by atoms with van der Waals surface area (Å²) in [5.74, 6) is 0.956. The molecule has 2 aliphatic heterocycles. The highest BCUT2D eigenvalue weighted by atomic mass is 127. The van der Waals surface area contributed by atoms with Crippen molar-refractivity contribution >= 4 is 29.9 Å². The van der Waals surface area contributed by atoms with Crippen LogP contribution in [0.3, 0.4) is 0 Å². The number of hydrogen-bond acceptors (Lipinski definition) is 4. The first kappa shape index (κ1) is 24.9. The molecule has 160 valence electrons. The van der Waals surface area contributed by atoms with Gasteiger partial charge in [-0.1, -0.05) is 12.8 Å². The van der Waals surface area contributed by atoms with Crippen LogP contribution in [-0.4, -0.2) is 85.9 Å². The molecule has 27 heavy (non-hydrogen) atoms. The van der Waals surface area contributed by atoms with Crippen LogP contribution in [-0.2, 0) is 0 Å². The number of aliphatic hydroxyl groups excluding tert-OH is 1. The standard InChI is InChI=1S/C20H41N5O.HI/c1-2-21-20(22-11-7-15-24-13-5-3-4-6-14-24)23-12-8-16-25-17-9-19(26)10-18-25;/h19,26H,2-18H2,1H3,(H2,21,22,23);1H. The largest absolute Gasteiger partial charge is 0.393 e. The van der Waals surface area contributed by atoms with Crippen LogP contribution in [0.4, 0.5) is 0 Å². The van der Waals surface area contributed by atoms with Crippen LogP contribution in [0.2, 0.25) is 0 Å². The van der Waals surface area contributed by atoms with Gasteiger partial charge in [0.25, 0.3) is 0 Å². The van der Waals surface area contributed by atoms with E-state index in [1.165, 1.54) is 45.3 Å². The van der Waals surface area contributed by atoms with Crippen LogP contribution in [0.15, 0.2) is 4.99 Å². The van der Waals surface area contributed by atoms with Gasteiger partial charge in [-0.15, -0.1) is 24.0 Å². The number of rotatable bonds is 9. The molecule has 0 spiro atoms. The van der Waals surface area contributed by atoms with Crippen LogP contribution in [0.1, 0.15) is 58.3 Å². The fraction of sp³-hybridized carbons (Fsp3) is 0.950. The average Bonchev–Trinajstić information content (AvgIpc) is 2.92. The van der Waals surface area contributed by atoms with Gasteiger partial charge < -0.3 is 25.5 Å². The molecule has 0 aromatic heterocycles. The first-order chi connectivity index (χ1) is 12.8. The van der Waals surface area contributed by atoms with Crippen LogP contribution in [0.5, 0.6) is 0 Å². The fourth-order valence-electron chi connectivity index (χ4n) is 3.84. The molecule has 0 saturated carbocycles. The molecule has 0 unspecified atom stereocenters. The van der Waals surface area contributed by atoms with Gasteiger partial charge >= 0.3 is 0 Å². The minimum Gasteiger partial charge on any atom is -0.393 e. The number of likely N-dealkylation sites (tertiary alicyclic amines) is 2. The van der Waals surface area contributed by atoms with Gasteiger partial charge in [0.05, 0.1) is 6.10 Å². The SMILES string of the molecule is CCNC(=NCCCN1CCCCCC1)NCCCN1CCC(O)CC1.I. The Bertz CT molecular complexity index is 381. The topological polar surface area (TPSA) is 63.1 Å². The van der Waals surface area contributed by atoms with Crippen LogP contribution < -0.4 is 10.6 Å². The van der Waals surface area contributed by atoms with E-state index in [9.17, 15) is 5.11 Å². The van der Waals surface area contributed by atoms with Crippen molar-refractivity contribution < 1.29 is 5.11 Å². The summed E-state index contributed by atoms with van der Waals surface area (Å²) < 4.78 is 0. The predicted octanol–water partition coefficient (Wildman–Crippen LogP) is 2.27. The first-order valence-corrected chi connectivity index (χ1v) is 10.9. The maximum atomic E-state index is 9.56. The van der Waals surface area contributed by atoms with Gasteiger partial charge in [0, 0.05) is 32.7 Å². The molecule has 0 aliphatic carbocycles. The second-order valence-electron chi connectivity index (χ2n) is 7.72. The molecule has 0 bridgehead atoms. The zero-order valence-corrected chi connectivity index (χ0v) is 19.6. The van der Waals surface area contributed by atoms with E-state index in [4.69, 9.17) is 4.99 Å². The van der Waals surface area contributed by atoms with Crippen LogP contribution >= 0.6 is 24.0 Å². The van der Waals surface area contributed by atoms with E-state index in [-0.39, 0.29) is 30.1 Å². The molecule has 2 heterocycles. The quantitative estimate of drug-likeness (QED) is 0.198. The number of halogens is 1. The lowest BCUT2D eigenvalue weighted by Crippen LogP contribution is -2.40. The van der Waals surface area contributed by atoms with Gasteiger partial charge in [0.2, 0.25) is 0 Å². The zero-order chi connectivity index (χ0) is 18.5. The van der Waals surface area contributed by atoms with Gasteiger partial charge in [-0.3, -0.25) is 4.99 Å². The Balaban J connectivity index is 0.00000364. The van der Waals surface area contributed by atoms with Crippen LogP contribution in [0, 0.1) is 0 Å². The summed E-state index contributed by atoms with van der Waals surface area (Å²) >= 11 is 0. The van der Waals surface area contributed by atoms with Crippen molar-refractivity contribution in [2.24, 2.45) is 4.99 Å². The van der Waals surface area contributed by atoms with Crippen molar-refractivity contribution in [3.8, 4) is 0 Å². The Hall–Kier alpha value is -0.120. The van der Waals surface area contributed by atoms with Crippen molar-refractivity contribution in [2.75, 3.05) is 58.9 Å². The molecule has 0 aromatic rings. The summed E-state index contributed by atoms with van der Waals surface area (Å²) in [5.41, 5.74) is 0.